The second-order valence-electron chi connectivity index (χ2n) is 4.81. The molecule has 6 nitrogen and oxygen atoms in total. The lowest BCUT2D eigenvalue weighted by Crippen LogP contribution is -2.23. The molecule has 1 aliphatic rings. The highest BCUT2D eigenvalue weighted by atomic mass is 16.5. The van der Waals surface area contributed by atoms with Gasteiger partial charge in [0.25, 0.3) is 0 Å². The molecule has 110 valence electrons. The third-order valence-corrected chi connectivity index (χ3v) is 3.31. The van der Waals surface area contributed by atoms with Crippen LogP contribution >= 0.6 is 0 Å². The third kappa shape index (κ3) is 3.41. The van der Waals surface area contributed by atoms with Gasteiger partial charge in [-0.1, -0.05) is 12.1 Å². The maximum atomic E-state index is 5.77. The van der Waals surface area contributed by atoms with Gasteiger partial charge in [-0.05, 0) is 25.1 Å². The van der Waals surface area contributed by atoms with Crippen LogP contribution in [0.15, 0.2) is 36.5 Å². The normalized spacial score (nSPS) is 17.5. The maximum Gasteiger partial charge on any atom is 0.226 e. The van der Waals surface area contributed by atoms with Crippen molar-refractivity contribution in [3.8, 4) is 17.4 Å². The molecule has 1 unspecified atom stereocenters. The molecule has 1 atom stereocenters. The molecule has 1 aromatic carbocycles. The molecule has 1 fully saturated rings. The quantitative estimate of drug-likeness (QED) is 0.877. The van der Waals surface area contributed by atoms with Crippen LogP contribution in [0.4, 0.5) is 5.95 Å². The molecule has 6 heteroatoms. The fourth-order valence-electron chi connectivity index (χ4n) is 2.24. The van der Waals surface area contributed by atoms with Crippen molar-refractivity contribution in [2.75, 3.05) is 25.5 Å². The molecule has 3 rings (SSSR count). The molecular formula is C15H18N4O2. The standard InChI is InChI=1S/C15H18N4O2/c1-20-12-4-2-3-5-13(12)21-14-7-9-17-15(19-14)18-11-6-8-16-10-11/h2-5,7,9,11,16H,6,8,10H2,1H3,(H,17,18,19). The number of anilines is 1. The van der Waals surface area contributed by atoms with Crippen LogP contribution in [-0.4, -0.2) is 36.2 Å². The van der Waals surface area contributed by atoms with Crippen LogP contribution < -0.4 is 20.1 Å². The van der Waals surface area contributed by atoms with E-state index in [-0.39, 0.29) is 0 Å². The van der Waals surface area contributed by atoms with Gasteiger partial charge in [0, 0.05) is 24.8 Å². The van der Waals surface area contributed by atoms with Gasteiger partial charge in [-0.15, -0.1) is 0 Å². The Morgan fingerprint density at radius 3 is 2.86 bits per heavy atom. The largest absolute Gasteiger partial charge is 0.493 e. The van der Waals surface area contributed by atoms with E-state index in [1.807, 2.05) is 24.3 Å². The van der Waals surface area contributed by atoms with Crippen molar-refractivity contribution >= 4 is 5.95 Å². The van der Waals surface area contributed by atoms with E-state index in [0.717, 1.165) is 19.5 Å². The number of methoxy groups -OCH3 is 1. The number of benzene rings is 1. The van der Waals surface area contributed by atoms with Crippen molar-refractivity contribution in [1.29, 1.82) is 0 Å². The molecule has 0 saturated carbocycles. The van der Waals surface area contributed by atoms with Crippen LogP contribution in [0.5, 0.6) is 17.4 Å². The summed E-state index contributed by atoms with van der Waals surface area (Å²) in [6.45, 7) is 1.95. The molecule has 0 radical (unpaired) electrons. The number of aromatic nitrogens is 2. The van der Waals surface area contributed by atoms with E-state index < -0.39 is 0 Å². The van der Waals surface area contributed by atoms with Crippen molar-refractivity contribution in [3.05, 3.63) is 36.5 Å². The summed E-state index contributed by atoms with van der Waals surface area (Å²) in [7, 11) is 1.61. The Morgan fingerprint density at radius 2 is 2.10 bits per heavy atom. The SMILES string of the molecule is COc1ccccc1Oc1ccnc(NC2CCNC2)n1. The first-order valence-corrected chi connectivity index (χ1v) is 6.96. The first kappa shape index (κ1) is 13.6. The van der Waals surface area contributed by atoms with E-state index in [9.17, 15) is 0 Å². The Morgan fingerprint density at radius 1 is 1.24 bits per heavy atom. The van der Waals surface area contributed by atoms with Crippen LogP contribution in [-0.2, 0) is 0 Å². The van der Waals surface area contributed by atoms with E-state index in [0.29, 0.717) is 29.4 Å². The highest BCUT2D eigenvalue weighted by molar-refractivity contribution is 5.42. The minimum atomic E-state index is 0.367. The number of ether oxygens (including phenoxy) is 2. The zero-order valence-electron chi connectivity index (χ0n) is 11.9. The first-order chi connectivity index (χ1) is 10.3. The summed E-state index contributed by atoms with van der Waals surface area (Å²) in [5, 5.41) is 6.60. The number of nitrogens with zero attached hydrogens (tertiary/aromatic N) is 2. The Hall–Kier alpha value is -2.34. The van der Waals surface area contributed by atoms with Gasteiger partial charge in [-0.2, -0.15) is 4.98 Å². The molecular weight excluding hydrogens is 268 g/mol. The van der Waals surface area contributed by atoms with E-state index in [1.165, 1.54) is 0 Å². The molecule has 1 saturated heterocycles. The molecule has 0 aliphatic carbocycles. The van der Waals surface area contributed by atoms with Crippen molar-refractivity contribution in [3.63, 3.8) is 0 Å². The Bertz CT molecular complexity index is 600. The average molecular weight is 286 g/mol. The lowest BCUT2D eigenvalue weighted by atomic mass is 10.3. The van der Waals surface area contributed by atoms with E-state index in [4.69, 9.17) is 9.47 Å². The molecule has 2 aromatic rings. The fourth-order valence-corrected chi connectivity index (χ4v) is 2.24. The monoisotopic (exact) mass is 286 g/mol. The Kier molecular flexibility index (Phi) is 4.16. The predicted octanol–water partition coefficient (Wildman–Crippen LogP) is 2.05. The average Bonchev–Trinajstić information content (AvgIpc) is 3.01. The van der Waals surface area contributed by atoms with Crippen LogP contribution in [0.3, 0.4) is 0 Å². The van der Waals surface area contributed by atoms with Crippen molar-refractivity contribution in [2.45, 2.75) is 12.5 Å². The minimum Gasteiger partial charge on any atom is -0.493 e. The minimum absolute atomic E-state index is 0.367. The number of para-hydroxylation sites is 2. The van der Waals surface area contributed by atoms with Crippen LogP contribution in [0.2, 0.25) is 0 Å². The molecule has 0 spiro atoms. The number of rotatable bonds is 5. The molecule has 0 amide bonds. The molecule has 1 aromatic heterocycles. The van der Waals surface area contributed by atoms with Crippen molar-refractivity contribution < 1.29 is 9.47 Å². The summed E-state index contributed by atoms with van der Waals surface area (Å²) in [6.07, 6.45) is 2.75. The van der Waals surface area contributed by atoms with E-state index in [1.54, 1.807) is 19.4 Å². The zero-order chi connectivity index (χ0) is 14.5. The highest BCUT2D eigenvalue weighted by Gasteiger charge is 2.15. The number of hydrogen-bond donors (Lipinski definition) is 2. The third-order valence-electron chi connectivity index (χ3n) is 3.31. The van der Waals surface area contributed by atoms with E-state index >= 15 is 0 Å². The van der Waals surface area contributed by atoms with Gasteiger partial charge in [-0.3, -0.25) is 0 Å². The smallest absolute Gasteiger partial charge is 0.226 e. The lowest BCUT2D eigenvalue weighted by molar-refractivity contribution is 0.374. The summed E-state index contributed by atoms with van der Waals surface area (Å²) >= 11 is 0. The Labute approximate surface area is 123 Å². The van der Waals surface area contributed by atoms with Gasteiger partial charge in [-0.25, -0.2) is 4.98 Å². The van der Waals surface area contributed by atoms with Gasteiger partial charge >= 0.3 is 0 Å². The molecule has 2 heterocycles. The number of hydrogen-bond acceptors (Lipinski definition) is 6. The number of nitrogens with one attached hydrogen (secondary N) is 2. The van der Waals surface area contributed by atoms with E-state index in [2.05, 4.69) is 20.6 Å². The summed E-state index contributed by atoms with van der Waals surface area (Å²) in [4.78, 5) is 8.60. The summed E-state index contributed by atoms with van der Waals surface area (Å²) in [5.41, 5.74) is 0. The van der Waals surface area contributed by atoms with Crippen LogP contribution in [0.25, 0.3) is 0 Å². The van der Waals surface area contributed by atoms with Gasteiger partial charge < -0.3 is 20.1 Å². The topological polar surface area (TPSA) is 68.3 Å². The lowest BCUT2D eigenvalue weighted by Gasteiger charge is -2.12. The molecule has 2 N–H and O–H groups in total. The molecule has 21 heavy (non-hydrogen) atoms. The zero-order valence-corrected chi connectivity index (χ0v) is 11.9. The summed E-state index contributed by atoms with van der Waals surface area (Å²) in [5.74, 6) is 2.37. The molecule has 1 aliphatic heterocycles. The summed E-state index contributed by atoms with van der Waals surface area (Å²) < 4.78 is 11.0. The second kappa shape index (κ2) is 6.41. The van der Waals surface area contributed by atoms with Crippen molar-refractivity contribution in [2.24, 2.45) is 0 Å². The summed E-state index contributed by atoms with van der Waals surface area (Å²) in [6, 6.07) is 9.57. The van der Waals surface area contributed by atoms with Crippen LogP contribution in [0.1, 0.15) is 6.42 Å². The predicted molar refractivity (Wildman–Crippen MR) is 80.0 cm³/mol. The van der Waals surface area contributed by atoms with Crippen molar-refractivity contribution in [1.82, 2.24) is 15.3 Å². The van der Waals surface area contributed by atoms with Crippen LogP contribution in [0, 0.1) is 0 Å². The highest BCUT2D eigenvalue weighted by Crippen LogP contribution is 2.30. The van der Waals surface area contributed by atoms with Gasteiger partial charge in [0.05, 0.1) is 7.11 Å². The maximum absolute atomic E-state index is 5.77. The van der Waals surface area contributed by atoms with Gasteiger partial charge in [0.2, 0.25) is 11.8 Å². The molecule has 0 bridgehead atoms. The van der Waals surface area contributed by atoms with Gasteiger partial charge in [0.15, 0.2) is 11.5 Å². The van der Waals surface area contributed by atoms with Gasteiger partial charge in [0.1, 0.15) is 0 Å². The first-order valence-electron chi connectivity index (χ1n) is 6.96. The second-order valence-corrected chi connectivity index (χ2v) is 4.81. The Balaban J connectivity index is 1.73. The fraction of sp³-hybridized carbons (Fsp3) is 0.333.